The van der Waals surface area contributed by atoms with E-state index in [1.807, 2.05) is 13.8 Å². The van der Waals surface area contributed by atoms with Crippen molar-refractivity contribution in [2.45, 2.75) is 31.1 Å². The smallest absolute Gasteiger partial charge is 0.263 e. The fraction of sp³-hybridized carbons (Fsp3) is 0.700. The fourth-order valence-corrected chi connectivity index (χ4v) is 4.00. The first-order chi connectivity index (χ1) is 8.32. The number of hydrogen-bond acceptors (Lipinski definition) is 4. The summed E-state index contributed by atoms with van der Waals surface area (Å²) < 4.78 is 33.2. The molecule has 2 heterocycles. The lowest BCUT2D eigenvalue weighted by Gasteiger charge is -2.33. The molecule has 0 spiro atoms. The maximum Gasteiger partial charge on any atom is 0.263 e. The van der Waals surface area contributed by atoms with Gasteiger partial charge >= 0.3 is 0 Å². The molecule has 2 rings (SSSR count). The van der Waals surface area contributed by atoms with Crippen LogP contribution in [-0.2, 0) is 21.8 Å². The Bertz CT molecular complexity index is 533. The molecule has 1 aliphatic rings. The van der Waals surface area contributed by atoms with E-state index in [2.05, 4.69) is 4.98 Å². The Balaban J connectivity index is 2.34. The van der Waals surface area contributed by atoms with Gasteiger partial charge in [-0.1, -0.05) is 11.6 Å². The Hall–Kier alpha value is -0.630. The second-order valence-corrected chi connectivity index (χ2v) is 6.74. The molecule has 1 aromatic heterocycles. The van der Waals surface area contributed by atoms with E-state index in [0.29, 0.717) is 13.1 Å². The van der Waals surface area contributed by atoms with Gasteiger partial charge in [0, 0.05) is 20.1 Å². The van der Waals surface area contributed by atoms with Crippen LogP contribution in [0.2, 0.25) is 5.15 Å². The van der Waals surface area contributed by atoms with Crippen molar-refractivity contribution in [2.75, 3.05) is 13.1 Å². The summed E-state index contributed by atoms with van der Waals surface area (Å²) in [6.07, 6.45) is 1.12. The maximum absolute atomic E-state index is 12.4. The van der Waals surface area contributed by atoms with Gasteiger partial charge in [0.15, 0.2) is 0 Å². The first kappa shape index (κ1) is 13.8. The van der Waals surface area contributed by atoms with E-state index in [4.69, 9.17) is 16.3 Å². The minimum absolute atomic E-state index is 0.0898. The minimum Gasteiger partial charge on any atom is -0.373 e. The second-order valence-electron chi connectivity index (χ2n) is 4.53. The molecule has 1 aliphatic heterocycles. The molecule has 0 radical (unpaired) electrons. The molecular weight excluding hydrogens is 278 g/mol. The summed E-state index contributed by atoms with van der Waals surface area (Å²) in [6.45, 7) is 4.33. The lowest BCUT2D eigenvalue weighted by molar-refractivity contribution is -0.0441. The summed E-state index contributed by atoms with van der Waals surface area (Å²) >= 11 is 5.95. The van der Waals surface area contributed by atoms with E-state index < -0.39 is 10.0 Å². The lowest BCUT2D eigenvalue weighted by atomic mass is 10.3. The lowest BCUT2D eigenvalue weighted by Crippen LogP contribution is -2.48. The predicted molar refractivity (Wildman–Crippen MR) is 67.0 cm³/mol. The number of aryl methyl sites for hydroxylation is 1. The SMILES string of the molecule is C[C@@H]1CN(S(=O)(=O)c2ncn(C)c2Cl)C[C@H](C)O1. The first-order valence-electron chi connectivity index (χ1n) is 5.64. The van der Waals surface area contributed by atoms with E-state index in [-0.39, 0.29) is 22.4 Å². The van der Waals surface area contributed by atoms with Gasteiger partial charge in [-0.15, -0.1) is 0 Å². The molecule has 0 unspecified atom stereocenters. The molecule has 1 fully saturated rings. The Labute approximate surface area is 112 Å². The highest BCUT2D eigenvalue weighted by molar-refractivity contribution is 7.89. The molecule has 1 aromatic rings. The fourth-order valence-electron chi connectivity index (χ4n) is 2.02. The van der Waals surface area contributed by atoms with Crippen LogP contribution in [0.5, 0.6) is 0 Å². The summed E-state index contributed by atoms with van der Waals surface area (Å²) in [6, 6.07) is 0. The van der Waals surface area contributed by atoms with Crippen molar-refractivity contribution >= 4 is 21.6 Å². The molecule has 102 valence electrons. The van der Waals surface area contributed by atoms with E-state index >= 15 is 0 Å². The number of hydrogen-bond donors (Lipinski definition) is 0. The third kappa shape index (κ3) is 2.40. The summed E-state index contributed by atoms with van der Waals surface area (Å²) in [5, 5.41) is 0.0368. The molecule has 8 heteroatoms. The van der Waals surface area contributed by atoms with Gasteiger partial charge < -0.3 is 9.30 Å². The van der Waals surface area contributed by atoms with Crippen LogP contribution in [0.3, 0.4) is 0 Å². The highest BCUT2D eigenvalue weighted by Gasteiger charge is 2.35. The summed E-state index contributed by atoms with van der Waals surface area (Å²) in [5.74, 6) is 0. The number of ether oxygens (including phenoxy) is 1. The molecule has 0 aliphatic carbocycles. The average Bonchev–Trinajstić information content (AvgIpc) is 2.58. The van der Waals surface area contributed by atoms with Crippen molar-refractivity contribution in [3.63, 3.8) is 0 Å². The Morgan fingerprint density at radius 3 is 2.39 bits per heavy atom. The molecule has 18 heavy (non-hydrogen) atoms. The van der Waals surface area contributed by atoms with Crippen molar-refractivity contribution in [2.24, 2.45) is 7.05 Å². The Morgan fingerprint density at radius 1 is 1.39 bits per heavy atom. The van der Waals surface area contributed by atoms with Crippen LogP contribution in [0.15, 0.2) is 11.4 Å². The number of halogens is 1. The number of aromatic nitrogens is 2. The van der Waals surface area contributed by atoms with Crippen molar-refractivity contribution in [3.05, 3.63) is 11.5 Å². The highest BCUT2D eigenvalue weighted by atomic mass is 35.5. The summed E-state index contributed by atoms with van der Waals surface area (Å²) in [7, 11) is -2.00. The number of morpholine rings is 1. The quantitative estimate of drug-likeness (QED) is 0.812. The van der Waals surface area contributed by atoms with Gasteiger partial charge in [-0.25, -0.2) is 13.4 Å². The van der Waals surface area contributed by atoms with Crippen molar-refractivity contribution < 1.29 is 13.2 Å². The standard InChI is InChI=1S/C10H16ClN3O3S/c1-7-4-14(5-8(2)17-7)18(15,16)10-9(11)13(3)6-12-10/h6-8H,4-5H2,1-3H3/t7-,8+. The highest BCUT2D eigenvalue weighted by Crippen LogP contribution is 2.25. The first-order valence-corrected chi connectivity index (χ1v) is 7.46. The molecule has 6 nitrogen and oxygen atoms in total. The van der Waals surface area contributed by atoms with Crippen LogP contribution in [0.1, 0.15) is 13.8 Å². The molecule has 0 amide bonds. The van der Waals surface area contributed by atoms with E-state index in [9.17, 15) is 8.42 Å². The van der Waals surface area contributed by atoms with E-state index in [1.54, 1.807) is 7.05 Å². The average molecular weight is 294 g/mol. The summed E-state index contributed by atoms with van der Waals surface area (Å²) in [5.41, 5.74) is 0. The van der Waals surface area contributed by atoms with Crippen LogP contribution in [0, 0.1) is 0 Å². The molecule has 0 saturated carbocycles. The van der Waals surface area contributed by atoms with Gasteiger partial charge in [-0.05, 0) is 13.8 Å². The third-order valence-electron chi connectivity index (χ3n) is 2.80. The van der Waals surface area contributed by atoms with Crippen LogP contribution in [-0.4, -0.2) is 47.6 Å². The zero-order valence-corrected chi connectivity index (χ0v) is 12.1. The monoisotopic (exact) mass is 293 g/mol. The molecule has 1 saturated heterocycles. The normalized spacial score (nSPS) is 26.4. The number of imidazole rings is 1. The van der Waals surface area contributed by atoms with Crippen LogP contribution < -0.4 is 0 Å². The largest absolute Gasteiger partial charge is 0.373 e. The topological polar surface area (TPSA) is 64.4 Å². The van der Waals surface area contributed by atoms with Crippen LogP contribution >= 0.6 is 11.6 Å². The molecule has 0 aromatic carbocycles. The zero-order chi connectivity index (χ0) is 13.5. The van der Waals surface area contributed by atoms with Gasteiger partial charge in [0.05, 0.1) is 18.5 Å². The minimum atomic E-state index is -3.65. The predicted octanol–water partition coefficient (Wildman–Crippen LogP) is 0.871. The second kappa shape index (κ2) is 4.80. The Morgan fingerprint density at radius 2 is 1.94 bits per heavy atom. The van der Waals surface area contributed by atoms with Crippen LogP contribution in [0.4, 0.5) is 0 Å². The molecular formula is C10H16ClN3O3S. The van der Waals surface area contributed by atoms with Gasteiger partial charge in [0.2, 0.25) is 5.03 Å². The molecule has 0 N–H and O–H groups in total. The van der Waals surface area contributed by atoms with Gasteiger partial charge in [0.25, 0.3) is 10.0 Å². The maximum atomic E-state index is 12.4. The van der Waals surface area contributed by atoms with Gasteiger partial charge in [0.1, 0.15) is 5.15 Å². The van der Waals surface area contributed by atoms with Gasteiger partial charge in [-0.3, -0.25) is 0 Å². The summed E-state index contributed by atoms with van der Waals surface area (Å²) in [4.78, 5) is 3.87. The Kier molecular flexibility index (Phi) is 3.68. The van der Waals surface area contributed by atoms with Gasteiger partial charge in [-0.2, -0.15) is 4.31 Å². The third-order valence-corrected chi connectivity index (χ3v) is 5.13. The van der Waals surface area contributed by atoms with Crippen LogP contribution in [0.25, 0.3) is 0 Å². The molecule has 2 atom stereocenters. The number of sulfonamides is 1. The van der Waals surface area contributed by atoms with E-state index in [1.165, 1.54) is 15.2 Å². The van der Waals surface area contributed by atoms with Crippen molar-refractivity contribution in [3.8, 4) is 0 Å². The number of rotatable bonds is 2. The van der Waals surface area contributed by atoms with Crippen molar-refractivity contribution in [1.29, 1.82) is 0 Å². The molecule has 0 bridgehead atoms. The number of nitrogens with zero attached hydrogens (tertiary/aromatic N) is 3. The van der Waals surface area contributed by atoms with E-state index in [0.717, 1.165) is 0 Å². The zero-order valence-electron chi connectivity index (χ0n) is 10.5. The van der Waals surface area contributed by atoms with Crippen molar-refractivity contribution in [1.82, 2.24) is 13.9 Å².